The van der Waals surface area contributed by atoms with Crippen LogP contribution in [0.2, 0.25) is 0 Å². The van der Waals surface area contributed by atoms with E-state index in [2.05, 4.69) is 31.2 Å². The van der Waals surface area contributed by atoms with Crippen LogP contribution in [0, 0.1) is 6.92 Å². The molecule has 0 bridgehead atoms. The van der Waals surface area contributed by atoms with Crippen LogP contribution >= 0.6 is 0 Å². The number of benzene rings is 1. The van der Waals surface area contributed by atoms with Gasteiger partial charge >= 0.3 is 0 Å². The molecule has 1 aliphatic rings. The van der Waals surface area contributed by atoms with Crippen LogP contribution in [-0.2, 0) is 16.0 Å². The minimum absolute atomic E-state index is 0.171. The summed E-state index contributed by atoms with van der Waals surface area (Å²) in [5.74, 6) is -0.0831. The molecule has 2 amide bonds. The van der Waals surface area contributed by atoms with Gasteiger partial charge in [-0.05, 0) is 31.7 Å². The summed E-state index contributed by atoms with van der Waals surface area (Å²) < 4.78 is 0. The van der Waals surface area contributed by atoms with Crippen LogP contribution in [0.3, 0.4) is 0 Å². The second kappa shape index (κ2) is 8.67. The fourth-order valence-corrected chi connectivity index (χ4v) is 2.82. The number of amides is 2. The van der Waals surface area contributed by atoms with Gasteiger partial charge in [-0.3, -0.25) is 9.59 Å². The average molecular weight is 318 g/mol. The fourth-order valence-electron chi connectivity index (χ4n) is 2.82. The molecule has 0 radical (unpaired) electrons. The monoisotopic (exact) mass is 318 g/mol. The minimum Gasteiger partial charge on any atom is -0.387 e. The van der Waals surface area contributed by atoms with E-state index in [1.807, 2.05) is 4.90 Å². The first-order chi connectivity index (χ1) is 11.1. The molecule has 5 heteroatoms. The smallest absolute Gasteiger partial charge is 0.248 e. The highest BCUT2D eigenvalue weighted by molar-refractivity contribution is 5.79. The first kappa shape index (κ1) is 17.5. The molecule has 23 heavy (non-hydrogen) atoms. The van der Waals surface area contributed by atoms with Crippen molar-refractivity contribution >= 4 is 11.8 Å². The standard InChI is InChI=1S/C18H26N2O3/c1-15-6-8-16(9-7-15)4-2-3-5-17(22)19-10-12-20(13-11-19)18(23)14-21/h6-9,21H,2-5,10-14H2,1H3. The van der Waals surface area contributed by atoms with E-state index >= 15 is 0 Å². The van der Waals surface area contributed by atoms with Crippen LogP contribution in [0.1, 0.15) is 30.4 Å². The summed E-state index contributed by atoms with van der Waals surface area (Å²) in [5, 5.41) is 8.84. The van der Waals surface area contributed by atoms with E-state index in [1.54, 1.807) is 4.90 Å². The number of carbonyl (C=O) groups is 2. The lowest BCUT2D eigenvalue weighted by Crippen LogP contribution is -2.51. The molecule has 0 atom stereocenters. The molecule has 2 rings (SSSR count). The van der Waals surface area contributed by atoms with Gasteiger partial charge in [-0.15, -0.1) is 0 Å². The first-order valence-electron chi connectivity index (χ1n) is 8.32. The molecule has 1 aromatic carbocycles. The van der Waals surface area contributed by atoms with Gasteiger partial charge in [0.2, 0.25) is 11.8 Å². The number of rotatable bonds is 6. The quantitative estimate of drug-likeness (QED) is 0.806. The van der Waals surface area contributed by atoms with Gasteiger partial charge in [-0.25, -0.2) is 0 Å². The Morgan fingerprint density at radius 2 is 1.52 bits per heavy atom. The van der Waals surface area contributed by atoms with Crippen molar-refractivity contribution in [2.24, 2.45) is 0 Å². The Labute approximate surface area is 137 Å². The molecule has 5 nitrogen and oxygen atoms in total. The highest BCUT2D eigenvalue weighted by Gasteiger charge is 2.23. The predicted octanol–water partition coefficient (Wildman–Crippen LogP) is 1.37. The number of piperazine rings is 1. The molecular formula is C18H26N2O3. The van der Waals surface area contributed by atoms with Gasteiger partial charge in [-0.1, -0.05) is 29.8 Å². The zero-order chi connectivity index (χ0) is 16.7. The molecule has 0 spiro atoms. The lowest BCUT2D eigenvalue weighted by atomic mass is 10.1. The van der Waals surface area contributed by atoms with Gasteiger partial charge in [0.05, 0.1) is 0 Å². The lowest BCUT2D eigenvalue weighted by molar-refractivity contribution is -0.141. The van der Waals surface area contributed by atoms with Crippen LogP contribution in [0.15, 0.2) is 24.3 Å². The average Bonchev–Trinajstić information content (AvgIpc) is 2.59. The van der Waals surface area contributed by atoms with E-state index < -0.39 is 6.61 Å². The maximum Gasteiger partial charge on any atom is 0.248 e. The van der Waals surface area contributed by atoms with Crippen molar-refractivity contribution in [3.8, 4) is 0 Å². The van der Waals surface area contributed by atoms with E-state index in [-0.39, 0.29) is 11.8 Å². The van der Waals surface area contributed by atoms with Gasteiger partial charge in [0, 0.05) is 32.6 Å². The van der Waals surface area contributed by atoms with Crippen LogP contribution in [-0.4, -0.2) is 59.5 Å². The number of hydrogen-bond acceptors (Lipinski definition) is 3. The molecule has 1 saturated heterocycles. The van der Waals surface area contributed by atoms with Crippen molar-refractivity contribution in [3.05, 3.63) is 35.4 Å². The summed E-state index contributed by atoms with van der Waals surface area (Å²) in [4.78, 5) is 27.0. The second-order valence-electron chi connectivity index (χ2n) is 6.11. The lowest BCUT2D eigenvalue weighted by Gasteiger charge is -2.34. The Bertz CT molecular complexity index is 520. The fraction of sp³-hybridized carbons (Fsp3) is 0.556. The molecule has 0 aromatic heterocycles. The van der Waals surface area contributed by atoms with Crippen LogP contribution < -0.4 is 0 Å². The molecule has 1 N–H and O–H groups in total. The number of unbranched alkanes of at least 4 members (excludes halogenated alkanes) is 1. The van der Waals surface area contributed by atoms with Gasteiger partial charge in [0.25, 0.3) is 0 Å². The van der Waals surface area contributed by atoms with E-state index in [0.29, 0.717) is 32.6 Å². The second-order valence-corrected chi connectivity index (χ2v) is 6.11. The van der Waals surface area contributed by atoms with Crippen molar-refractivity contribution in [2.75, 3.05) is 32.8 Å². The third-order valence-electron chi connectivity index (χ3n) is 4.35. The van der Waals surface area contributed by atoms with Gasteiger partial charge < -0.3 is 14.9 Å². The Hall–Kier alpha value is -1.88. The Morgan fingerprint density at radius 3 is 2.09 bits per heavy atom. The van der Waals surface area contributed by atoms with Crippen molar-refractivity contribution in [2.45, 2.75) is 32.6 Å². The van der Waals surface area contributed by atoms with Crippen LogP contribution in [0.4, 0.5) is 0 Å². The molecule has 0 aliphatic carbocycles. The highest BCUT2D eigenvalue weighted by Crippen LogP contribution is 2.10. The molecule has 0 unspecified atom stereocenters. The SMILES string of the molecule is Cc1ccc(CCCCC(=O)N2CCN(C(=O)CO)CC2)cc1. The van der Waals surface area contributed by atoms with E-state index in [1.165, 1.54) is 11.1 Å². The topological polar surface area (TPSA) is 60.9 Å². The van der Waals surface area contributed by atoms with Crippen molar-refractivity contribution in [3.63, 3.8) is 0 Å². The van der Waals surface area contributed by atoms with Crippen molar-refractivity contribution in [1.29, 1.82) is 0 Å². The number of aliphatic hydroxyl groups is 1. The maximum absolute atomic E-state index is 12.2. The minimum atomic E-state index is -0.451. The molecular weight excluding hydrogens is 292 g/mol. The summed E-state index contributed by atoms with van der Waals surface area (Å²) in [6.45, 7) is 3.82. The van der Waals surface area contributed by atoms with Gasteiger partial charge in [-0.2, -0.15) is 0 Å². The van der Waals surface area contributed by atoms with E-state index in [9.17, 15) is 9.59 Å². The molecule has 1 heterocycles. The Kier molecular flexibility index (Phi) is 6.59. The van der Waals surface area contributed by atoms with Gasteiger partial charge in [0.15, 0.2) is 0 Å². The Balaban J connectivity index is 1.64. The molecule has 1 aromatic rings. The summed E-state index contributed by atoms with van der Waals surface area (Å²) in [7, 11) is 0. The maximum atomic E-state index is 12.2. The third kappa shape index (κ3) is 5.36. The number of hydrogen-bond donors (Lipinski definition) is 1. The zero-order valence-corrected chi connectivity index (χ0v) is 13.8. The first-order valence-corrected chi connectivity index (χ1v) is 8.32. The summed E-state index contributed by atoms with van der Waals surface area (Å²) in [6, 6.07) is 8.53. The molecule has 126 valence electrons. The molecule has 0 saturated carbocycles. The zero-order valence-electron chi connectivity index (χ0n) is 13.8. The summed E-state index contributed by atoms with van der Waals surface area (Å²) >= 11 is 0. The number of carbonyl (C=O) groups excluding carboxylic acids is 2. The molecule has 1 aliphatic heterocycles. The van der Waals surface area contributed by atoms with E-state index in [0.717, 1.165) is 19.3 Å². The summed E-state index contributed by atoms with van der Waals surface area (Å²) in [5.41, 5.74) is 2.59. The number of aryl methyl sites for hydroxylation is 2. The van der Waals surface area contributed by atoms with Crippen LogP contribution in [0.25, 0.3) is 0 Å². The van der Waals surface area contributed by atoms with Crippen molar-refractivity contribution < 1.29 is 14.7 Å². The normalized spacial score (nSPS) is 14.9. The van der Waals surface area contributed by atoms with Crippen LogP contribution in [0.5, 0.6) is 0 Å². The van der Waals surface area contributed by atoms with Crippen molar-refractivity contribution in [1.82, 2.24) is 9.80 Å². The van der Waals surface area contributed by atoms with E-state index in [4.69, 9.17) is 5.11 Å². The molecule has 1 fully saturated rings. The summed E-state index contributed by atoms with van der Waals surface area (Å²) in [6.07, 6.45) is 3.48. The predicted molar refractivity (Wildman–Crippen MR) is 89.0 cm³/mol. The number of aliphatic hydroxyl groups excluding tert-OH is 1. The van der Waals surface area contributed by atoms with Gasteiger partial charge in [0.1, 0.15) is 6.61 Å². The highest BCUT2D eigenvalue weighted by atomic mass is 16.3. The number of nitrogens with zero attached hydrogens (tertiary/aromatic N) is 2. The third-order valence-corrected chi connectivity index (χ3v) is 4.35. The Morgan fingerprint density at radius 1 is 0.957 bits per heavy atom. The largest absolute Gasteiger partial charge is 0.387 e.